The number of nitrogens with zero attached hydrogens (tertiary/aromatic N) is 1. The lowest BCUT2D eigenvalue weighted by molar-refractivity contribution is 0.453. The lowest BCUT2D eigenvalue weighted by atomic mass is 10.2. The molecular weight excluding hydrogens is 126 g/mol. The van der Waals surface area contributed by atoms with Crippen LogP contribution in [0.1, 0.15) is 5.69 Å². The summed E-state index contributed by atoms with van der Waals surface area (Å²) < 4.78 is 4.87. The molecule has 0 bridgehead atoms. The van der Waals surface area contributed by atoms with Gasteiger partial charge in [-0.05, 0) is 12.1 Å². The van der Waals surface area contributed by atoms with Crippen molar-refractivity contribution in [3.63, 3.8) is 0 Å². The van der Waals surface area contributed by atoms with Gasteiger partial charge in [-0.3, -0.25) is 0 Å². The van der Waals surface area contributed by atoms with Crippen molar-refractivity contribution in [1.82, 2.24) is 5.16 Å². The number of fused-ring (bicyclic) bond motifs is 1. The fraction of sp³-hybridized carbons (Fsp3) is 0. The Balaban J connectivity index is 2.93. The molecule has 0 fully saturated rings. The van der Waals surface area contributed by atoms with Crippen molar-refractivity contribution in [2.45, 2.75) is 0 Å². The number of hydrogen-bond donors (Lipinski definition) is 0. The summed E-state index contributed by atoms with van der Waals surface area (Å²) >= 11 is 0. The zero-order chi connectivity index (χ0) is 6.97. The van der Waals surface area contributed by atoms with Crippen LogP contribution in [0.15, 0.2) is 28.8 Å². The van der Waals surface area contributed by atoms with E-state index in [9.17, 15) is 0 Å². The van der Waals surface area contributed by atoms with Crippen molar-refractivity contribution in [3.05, 3.63) is 36.9 Å². The molecule has 0 unspecified atom stereocenters. The van der Waals surface area contributed by atoms with E-state index in [0.717, 1.165) is 11.0 Å². The molecule has 2 rings (SSSR count). The number of aromatic nitrogens is 1. The second-order valence-electron chi connectivity index (χ2n) is 2.06. The summed E-state index contributed by atoms with van der Waals surface area (Å²) in [6.07, 6.45) is 0. The summed E-state index contributed by atoms with van der Waals surface area (Å²) in [6, 6.07) is 7.49. The van der Waals surface area contributed by atoms with Crippen LogP contribution in [0.4, 0.5) is 0 Å². The van der Waals surface area contributed by atoms with E-state index in [0.29, 0.717) is 5.69 Å². The molecule has 0 saturated carbocycles. The van der Waals surface area contributed by atoms with Gasteiger partial charge in [-0.25, -0.2) is 0 Å². The fourth-order valence-corrected chi connectivity index (χ4v) is 0.905. The molecule has 2 radical (unpaired) electrons. The van der Waals surface area contributed by atoms with E-state index >= 15 is 0 Å². The van der Waals surface area contributed by atoms with Crippen molar-refractivity contribution in [2.75, 3.05) is 0 Å². The quantitative estimate of drug-likeness (QED) is 0.545. The standard InChI is InChI=1S/C8H5NO/c1-6-7-4-2-3-5-8(7)10-9-6/h1-5H. The third-order valence-electron chi connectivity index (χ3n) is 1.41. The van der Waals surface area contributed by atoms with Gasteiger partial charge >= 0.3 is 0 Å². The van der Waals surface area contributed by atoms with Crippen molar-refractivity contribution >= 4 is 11.0 Å². The van der Waals surface area contributed by atoms with Gasteiger partial charge in [0, 0.05) is 12.3 Å². The Kier molecular flexibility index (Phi) is 1.01. The molecule has 0 amide bonds. The minimum atomic E-state index is 0.454. The average molecular weight is 131 g/mol. The SMILES string of the molecule is [CH]c1noc2ccccc12. The maximum Gasteiger partial charge on any atom is 0.167 e. The molecule has 0 spiro atoms. The van der Waals surface area contributed by atoms with Crippen molar-refractivity contribution in [1.29, 1.82) is 0 Å². The molecule has 0 saturated heterocycles. The normalized spacial score (nSPS) is 10.5. The molecule has 2 heteroatoms. The first-order valence-corrected chi connectivity index (χ1v) is 2.98. The predicted molar refractivity (Wildman–Crippen MR) is 37.4 cm³/mol. The number of hydrogen-bond acceptors (Lipinski definition) is 2. The maximum absolute atomic E-state index is 5.47. The van der Waals surface area contributed by atoms with Gasteiger partial charge in [0.1, 0.15) is 0 Å². The van der Waals surface area contributed by atoms with Crippen LogP contribution in [-0.2, 0) is 0 Å². The van der Waals surface area contributed by atoms with Gasteiger partial charge in [0.2, 0.25) is 0 Å². The van der Waals surface area contributed by atoms with E-state index in [-0.39, 0.29) is 0 Å². The summed E-state index contributed by atoms with van der Waals surface area (Å²) in [7, 11) is 0. The second-order valence-corrected chi connectivity index (χ2v) is 2.06. The Hall–Kier alpha value is -1.31. The highest BCUT2D eigenvalue weighted by Crippen LogP contribution is 2.15. The maximum atomic E-state index is 5.47. The van der Waals surface area contributed by atoms with E-state index < -0.39 is 0 Å². The first-order valence-electron chi connectivity index (χ1n) is 2.98. The highest BCUT2D eigenvalue weighted by molar-refractivity contribution is 5.79. The molecular formula is C8H5NO. The number of para-hydroxylation sites is 1. The first kappa shape index (κ1) is 5.47. The van der Waals surface area contributed by atoms with Crippen LogP contribution >= 0.6 is 0 Å². The molecule has 0 N–H and O–H groups in total. The zero-order valence-electron chi connectivity index (χ0n) is 5.24. The van der Waals surface area contributed by atoms with Crippen LogP contribution < -0.4 is 0 Å². The summed E-state index contributed by atoms with van der Waals surface area (Å²) in [5.41, 5.74) is 1.19. The van der Waals surface area contributed by atoms with Crippen LogP contribution in [-0.4, -0.2) is 5.16 Å². The third-order valence-corrected chi connectivity index (χ3v) is 1.41. The van der Waals surface area contributed by atoms with Crippen molar-refractivity contribution < 1.29 is 4.52 Å². The van der Waals surface area contributed by atoms with E-state index in [1.54, 1.807) is 0 Å². The Morgan fingerprint density at radius 3 is 2.90 bits per heavy atom. The smallest absolute Gasteiger partial charge is 0.167 e. The molecule has 2 nitrogen and oxygen atoms in total. The van der Waals surface area contributed by atoms with E-state index in [4.69, 9.17) is 11.4 Å². The molecule has 0 atom stereocenters. The van der Waals surface area contributed by atoms with Crippen LogP contribution in [0.3, 0.4) is 0 Å². The van der Waals surface area contributed by atoms with E-state index in [1.807, 2.05) is 24.3 Å². The highest BCUT2D eigenvalue weighted by Gasteiger charge is 1.99. The Morgan fingerprint density at radius 1 is 1.30 bits per heavy atom. The zero-order valence-corrected chi connectivity index (χ0v) is 5.24. The summed E-state index contributed by atoms with van der Waals surface area (Å²) in [5.74, 6) is 0. The summed E-state index contributed by atoms with van der Waals surface area (Å²) in [5, 5.41) is 4.48. The number of benzene rings is 1. The van der Waals surface area contributed by atoms with Gasteiger partial charge in [0.25, 0.3) is 0 Å². The van der Waals surface area contributed by atoms with E-state index in [1.165, 1.54) is 0 Å². The monoisotopic (exact) mass is 131 g/mol. The third kappa shape index (κ3) is 0.620. The minimum absolute atomic E-state index is 0.454. The summed E-state index contributed by atoms with van der Waals surface area (Å²) in [4.78, 5) is 0. The van der Waals surface area contributed by atoms with Gasteiger partial charge < -0.3 is 4.52 Å². The number of rotatable bonds is 0. The molecule has 1 aromatic carbocycles. The van der Waals surface area contributed by atoms with Crippen molar-refractivity contribution in [3.8, 4) is 0 Å². The highest BCUT2D eigenvalue weighted by atomic mass is 16.5. The lowest BCUT2D eigenvalue weighted by Crippen LogP contribution is -1.66. The van der Waals surface area contributed by atoms with Crippen LogP contribution in [0.5, 0.6) is 0 Å². The molecule has 10 heavy (non-hydrogen) atoms. The topological polar surface area (TPSA) is 26.0 Å². The Morgan fingerprint density at radius 2 is 2.10 bits per heavy atom. The van der Waals surface area contributed by atoms with Crippen LogP contribution in [0.25, 0.3) is 11.0 Å². The van der Waals surface area contributed by atoms with Gasteiger partial charge in [-0.1, -0.05) is 17.3 Å². The molecule has 0 aliphatic carbocycles. The second kappa shape index (κ2) is 1.84. The van der Waals surface area contributed by atoms with Gasteiger partial charge in [-0.15, -0.1) is 0 Å². The molecule has 0 aliphatic heterocycles. The minimum Gasteiger partial charge on any atom is -0.356 e. The van der Waals surface area contributed by atoms with Crippen molar-refractivity contribution in [2.24, 2.45) is 0 Å². The predicted octanol–water partition coefficient (Wildman–Crippen LogP) is 1.89. The molecule has 1 aromatic heterocycles. The largest absolute Gasteiger partial charge is 0.356 e. The molecule has 2 aromatic rings. The Labute approximate surface area is 58.4 Å². The van der Waals surface area contributed by atoms with Gasteiger partial charge in [0.05, 0.1) is 5.69 Å². The molecule has 0 aliphatic rings. The van der Waals surface area contributed by atoms with Crippen LogP contribution in [0.2, 0.25) is 0 Å². The van der Waals surface area contributed by atoms with E-state index in [2.05, 4.69) is 5.16 Å². The lowest BCUT2D eigenvalue weighted by Gasteiger charge is -1.81. The van der Waals surface area contributed by atoms with Gasteiger partial charge in [0.15, 0.2) is 5.58 Å². The molecule has 1 heterocycles. The summed E-state index contributed by atoms with van der Waals surface area (Å²) in [6.45, 7) is 5.47. The fourth-order valence-electron chi connectivity index (χ4n) is 0.905. The molecule has 48 valence electrons. The van der Waals surface area contributed by atoms with Gasteiger partial charge in [-0.2, -0.15) is 0 Å². The first-order chi connectivity index (χ1) is 4.88. The average Bonchev–Trinajstić information content (AvgIpc) is 2.34. The van der Waals surface area contributed by atoms with Crippen LogP contribution in [0, 0.1) is 6.92 Å². The Bertz CT molecular complexity index is 351.